The third kappa shape index (κ3) is 4.67. The van der Waals surface area contributed by atoms with Crippen molar-refractivity contribution < 1.29 is 14.0 Å². The Balaban J connectivity index is 2.47. The van der Waals surface area contributed by atoms with Gasteiger partial charge in [-0.1, -0.05) is 39.0 Å². The Morgan fingerprint density at radius 1 is 1.27 bits per heavy atom. The lowest BCUT2D eigenvalue weighted by atomic mass is 9.84. The van der Waals surface area contributed by atoms with Crippen LogP contribution in [0.5, 0.6) is 0 Å². The van der Waals surface area contributed by atoms with Gasteiger partial charge in [0.05, 0.1) is 25.1 Å². The largest absolute Gasteiger partial charge is 0.464 e. The van der Waals surface area contributed by atoms with Crippen LogP contribution in [0.4, 0.5) is 5.82 Å². The van der Waals surface area contributed by atoms with Crippen molar-refractivity contribution >= 4 is 20.8 Å². The lowest BCUT2D eigenvalue weighted by Crippen LogP contribution is -2.25. The molecule has 139 valence electrons. The molecule has 0 aliphatic rings. The number of esters is 1. The molecule has 26 heavy (non-hydrogen) atoms. The molecule has 0 fully saturated rings. The Bertz CT molecular complexity index is 788. The summed E-state index contributed by atoms with van der Waals surface area (Å²) in [5.74, 6) is -0.551. The number of ether oxygens (including phenoxy) is 1. The molecule has 0 bridgehead atoms. The summed E-state index contributed by atoms with van der Waals surface area (Å²) >= 11 is 0. The molecule has 6 nitrogen and oxygen atoms in total. The van der Waals surface area contributed by atoms with E-state index in [1.165, 1.54) is 7.11 Å². The van der Waals surface area contributed by atoms with Crippen molar-refractivity contribution in [3.63, 3.8) is 0 Å². The van der Waals surface area contributed by atoms with Crippen LogP contribution in [0.15, 0.2) is 30.5 Å². The molecule has 2 N–H and O–H groups in total. The average Bonchev–Trinajstić information content (AvgIpc) is 2.58. The molecule has 7 heteroatoms. The predicted molar refractivity (Wildman–Crippen MR) is 104 cm³/mol. The molecule has 1 aromatic heterocycles. The van der Waals surface area contributed by atoms with Gasteiger partial charge in [0.1, 0.15) is 0 Å². The van der Waals surface area contributed by atoms with E-state index >= 15 is 0 Å². The van der Waals surface area contributed by atoms with Crippen molar-refractivity contribution in [2.75, 3.05) is 12.8 Å². The number of nitrogens with zero attached hydrogens (tertiary/aromatic N) is 2. The van der Waals surface area contributed by atoms with Gasteiger partial charge in [-0.3, -0.25) is 0 Å². The molecule has 0 saturated carbocycles. The third-order valence-electron chi connectivity index (χ3n) is 3.80. The van der Waals surface area contributed by atoms with Gasteiger partial charge in [-0.2, -0.15) is 0 Å². The lowest BCUT2D eigenvalue weighted by molar-refractivity contribution is 0.0595. The van der Waals surface area contributed by atoms with Crippen LogP contribution >= 0.6 is 0 Å². The van der Waals surface area contributed by atoms with Crippen LogP contribution in [-0.2, 0) is 9.16 Å². The van der Waals surface area contributed by atoms with Crippen molar-refractivity contribution in [1.82, 2.24) is 9.97 Å². The topological polar surface area (TPSA) is 87.3 Å². The van der Waals surface area contributed by atoms with Gasteiger partial charge >= 0.3 is 5.97 Å². The Labute approximate surface area is 156 Å². The molecular formula is C19H26N3O3Si. The van der Waals surface area contributed by atoms with Gasteiger partial charge in [0, 0.05) is 5.56 Å². The van der Waals surface area contributed by atoms with E-state index in [0.717, 1.165) is 11.1 Å². The van der Waals surface area contributed by atoms with E-state index in [2.05, 4.69) is 49.9 Å². The van der Waals surface area contributed by atoms with E-state index < -0.39 is 15.0 Å². The highest BCUT2D eigenvalue weighted by Crippen LogP contribution is 2.37. The van der Waals surface area contributed by atoms with E-state index in [1.807, 2.05) is 18.2 Å². The first-order valence-electron chi connectivity index (χ1n) is 8.41. The third-order valence-corrected chi connectivity index (χ3v) is 4.51. The van der Waals surface area contributed by atoms with Crippen molar-refractivity contribution in [3.05, 3.63) is 41.7 Å². The molecule has 1 radical (unpaired) electrons. The quantitative estimate of drug-likeness (QED) is 0.633. The van der Waals surface area contributed by atoms with E-state index in [4.69, 9.17) is 14.9 Å². The van der Waals surface area contributed by atoms with Crippen molar-refractivity contribution in [1.29, 1.82) is 0 Å². The van der Waals surface area contributed by atoms with Gasteiger partial charge in [0.15, 0.2) is 11.5 Å². The second kappa shape index (κ2) is 7.97. The number of nitrogen functional groups attached to an aromatic ring is 1. The van der Waals surface area contributed by atoms with Gasteiger partial charge in [0.2, 0.25) is 9.04 Å². The Hall–Kier alpha value is -2.25. The fraction of sp³-hybridized carbons (Fsp3) is 0.421. The second-order valence-corrected chi connectivity index (χ2v) is 9.43. The molecule has 2 rings (SSSR count). The number of aromatic nitrogens is 2. The average molecular weight is 373 g/mol. The summed E-state index contributed by atoms with van der Waals surface area (Å²) in [4.78, 5) is 20.2. The lowest BCUT2D eigenvalue weighted by Gasteiger charge is -2.33. The zero-order valence-corrected chi connectivity index (χ0v) is 17.2. The maximum Gasteiger partial charge on any atom is 0.360 e. The minimum Gasteiger partial charge on any atom is -0.464 e. The summed E-state index contributed by atoms with van der Waals surface area (Å²) in [6.45, 7) is 10.7. The summed E-state index contributed by atoms with van der Waals surface area (Å²) in [5, 5.41) is 0. The first kappa shape index (κ1) is 20.1. The van der Waals surface area contributed by atoms with Gasteiger partial charge in [-0.15, -0.1) is 0 Å². The summed E-state index contributed by atoms with van der Waals surface area (Å²) in [6, 6.07) is 7.97. The first-order valence-corrected chi connectivity index (χ1v) is 10.8. The van der Waals surface area contributed by atoms with Crippen LogP contribution < -0.4 is 5.73 Å². The molecule has 1 atom stereocenters. The smallest absolute Gasteiger partial charge is 0.360 e. The number of carbonyl (C=O) groups excluding carboxylic acids is 1. The van der Waals surface area contributed by atoms with Crippen molar-refractivity contribution in [3.8, 4) is 11.3 Å². The normalized spacial score (nSPS) is 12.9. The highest BCUT2D eigenvalue weighted by atomic mass is 28.3. The van der Waals surface area contributed by atoms with Crippen LogP contribution in [0.1, 0.15) is 42.9 Å². The summed E-state index contributed by atoms with van der Waals surface area (Å²) in [7, 11) is 0.417. The van der Waals surface area contributed by atoms with Gasteiger partial charge in [0.25, 0.3) is 0 Å². The van der Waals surface area contributed by atoms with Gasteiger partial charge in [-0.05, 0) is 30.1 Å². The predicted octanol–water partition coefficient (Wildman–Crippen LogP) is 3.87. The Morgan fingerprint density at radius 3 is 2.54 bits per heavy atom. The standard InChI is InChI=1S/C19H26N3O3Si/c1-19(2,3)16(25-26(5)6)13-9-7-8-12(10-13)14-11-21-17(20)15(22-14)18(23)24-4/h7-11,16H,1-6H3,(H2,20,21). The maximum absolute atomic E-state index is 11.8. The number of methoxy groups -OCH3 is 1. The van der Waals surface area contributed by atoms with Crippen molar-refractivity contribution in [2.24, 2.45) is 5.41 Å². The summed E-state index contributed by atoms with van der Waals surface area (Å²) in [6.07, 6.45) is 1.52. The maximum atomic E-state index is 11.8. The van der Waals surface area contributed by atoms with Crippen LogP contribution in [0.2, 0.25) is 13.1 Å². The number of rotatable bonds is 5. The summed E-state index contributed by atoms with van der Waals surface area (Å²) in [5.41, 5.74) is 8.19. The van der Waals surface area contributed by atoms with E-state index in [-0.39, 0.29) is 23.0 Å². The first-order chi connectivity index (χ1) is 12.1. The fourth-order valence-electron chi connectivity index (χ4n) is 2.63. The summed E-state index contributed by atoms with van der Waals surface area (Å²) < 4.78 is 11.0. The van der Waals surface area contributed by atoms with E-state index in [0.29, 0.717) is 5.69 Å². The molecule has 1 aromatic carbocycles. The van der Waals surface area contributed by atoms with Crippen LogP contribution in [0.25, 0.3) is 11.3 Å². The highest BCUT2D eigenvalue weighted by Gasteiger charge is 2.28. The minimum atomic E-state index is -0.872. The van der Waals surface area contributed by atoms with Crippen molar-refractivity contribution in [2.45, 2.75) is 40.0 Å². The van der Waals surface area contributed by atoms with Crippen LogP contribution in [0, 0.1) is 5.41 Å². The van der Waals surface area contributed by atoms with Gasteiger partial charge in [-0.25, -0.2) is 14.8 Å². The highest BCUT2D eigenvalue weighted by molar-refractivity contribution is 6.48. The molecule has 1 unspecified atom stereocenters. The molecule has 0 aliphatic carbocycles. The molecule has 0 amide bonds. The zero-order chi connectivity index (χ0) is 19.5. The van der Waals surface area contributed by atoms with E-state index in [9.17, 15) is 4.79 Å². The SMILES string of the molecule is COC(=O)c1nc(-c2cccc(C(O[Si](C)C)C(C)(C)C)c2)cnc1N. The number of hydrogen-bond acceptors (Lipinski definition) is 6. The number of carbonyl (C=O) groups is 1. The Morgan fingerprint density at radius 2 is 1.96 bits per heavy atom. The van der Waals surface area contributed by atoms with E-state index in [1.54, 1.807) is 6.20 Å². The molecule has 0 saturated heterocycles. The minimum absolute atomic E-state index is 0.0200. The van der Waals surface area contributed by atoms with Crippen LogP contribution in [-0.4, -0.2) is 32.1 Å². The fourth-order valence-corrected chi connectivity index (χ4v) is 3.59. The molecule has 2 aromatic rings. The molecule has 0 aliphatic heterocycles. The van der Waals surface area contributed by atoms with Gasteiger partial charge < -0.3 is 14.9 Å². The monoisotopic (exact) mass is 372 g/mol. The number of nitrogens with two attached hydrogens (primary N) is 1. The number of anilines is 1. The zero-order valence-electron chi connectivity index (χ0n) is 16.2. The van der Waals surface area contributed by atoms with Crippen LogP contribution in [0.3, 0.4) is 0 Å². The second-order valence-electron chi connectivity index (χ2n) is 7.38. The number of hydrogen-bond donors (Lipinski definition) is 1. The molecular weight excluding hydrogens is 346 g/mol. The number of benzene rings is 1. The molecule has 0 spiro atoms. The Kier molecular flexibility index (Phi) is 6.15. The molecule has 1 heterocycles.